The van der Waals surface area contributed by atoms with E-state index in [2.05, 4.69) is 33.2 Å². The van der Waals surface area contributed by atoms with Crippen molar-refractivity contribution in [3.63, 3.8) is 0 Å². The van der Waals surface area contributed by atoms with Gasteiger partial charge in [-0.25, -0.2) is 0 Å². The van der Waals surface area contributed by atoms with E-state index >= 15 is 0 Å². The van der Waals surface area contributed by atoms with Crippen LogP contribution in [-0.4, -0.2) is 31.1 Å². The van der Waals surface area contributed by atoms with Crippen molar-refractivity contribution in [2.24, 2.45) is 0 Å². The highest BCUT2D eigenvalue weighted by atomic mass is 79.9. The number of rotatable bonds is 3. The predicted octanol–water partition coefficient (Wildman–Crippen LogP) is 3.71. The molecule has 0 saturated carbocycles. The zero-order chi connectivity index (χ0) is 12.3. The minimum Gasteiger partial charge on any atom is -0.317 e. The van der Waals surface area contributed by atoms with Gasteiger partial charge in [-0.05, 0) is 56.7 Å². The second kappa shape index (κ2) is 7.71. The van der Waals surface area contributed by atoms with Crippen LogP contribution in [0.15, 0.2) is 22.7 Å². The van der Waals surface area contributed by atoms with Gasteiger partial charge in [0.15, 0.2) is 0 Å². The van der Waals surface area contributed by atoms with Crippen molar-refractivity contribution in [2.75, 3.05) is 20.1 Å². The Morgan fingerprint density at radius 3 is 2.72 bits per heavy atom. The molecule has 0 aromatic heterocycles. The van der Waals surface area contributed by atoms with Gasteiger partial charge in [-0.2, -0.15) is 0 Å². The Balaban J connectivity index is 0.00000162. The maximum atomic E-state index is 6.04. The highest BCUT2D eigenvalue weighted by Crippen LogP contribution is 2.23. The van der Waals surface area contributed by atoms with Gasteiger partial charge in [0, 0.05) is 22.1 Å². The fourth-order valence-corrected chi connectivity index (χ4v) is 2.88. The van der Waals surface area contributed by atoms with Gasteiger partial charge in [-0.1, -0.05) is 27.5 Å². The molecule has 1 heterocycles. The summed E-state index contributed by atoms with van der Waals surface area (Å²) in [6.45, 7) is 3.21. The third-order valence-electron chi connectivity index (χ3n) is 3.36. The minimum absolute atomic E-state index is 0. The fraction of sp³-hybridized carbons (Fsp3) is 0.538. The first-order chi connectivity index (χ1) is 8.16. The summed E-state index contributed by atoms with van der Waals surface area (Å²) in [5.74, 6) is 0. The monoisotopic (exact) mass is 352 g/mol. The Labute approximate surface area is 129 Å². The molecule has 1 saturated heterocycles. The van der Waals surface area contributed by atoms with E-state index in [1.54, 1.807) is 0 Å². The molecule has 0 aliphatic carbocycles. The lowest BCUT2D eigenvalue weighted by Gasteiger charge is -2.31. The van der Waals surface area contributed by atoms with E-state index in [9.17, 15) is 0 Å². The molecule has 0 amide bonds. The number of benzene rings is 1. The van der Waals surface area contributed by atoms with Crippen LogP contribution >= 0.6 is 39.9 Å². The number of piperidine rings is 1. The molecule has 0 atom stereocenters. The number of halogens is 3. The summed E-state index contributed by atoms with van der Waals surface area (Å²) in [6.07, 6.45) is 2.46. The van der Waals surface area contributed by atoms with E-state index in [1.165, 1.54) is 18.4 Å². The summed E-state index contributed by atoms with van der Waals surface area (Å²) >= 11 is 9.62. The second-order valence-electron chi connectivity index (χ2n) is 4.63. The molecule has 0 radical (unpaired) electrons. The third kappa shape index (κ3) is 4.39. The van der Waals surface area contributed by atoms with Gasteiger partial charge in [0.05, 0.1) is 0 Å². The normalized spacial score (nSPS) is 16.7. The molecular formula is C13H19BrCl2N2. The van der Waals surface area contributed by atoms with Crippen molar-refractivity contribution in [2.45, 2.75) is 25.4 Å². The molecule has 102 valence electrons. The van der Waals surface area contributed by atoms with Gasteiger partial charge in [0.1, 0.15) is 0 Å². The van der Waals surface area contributed by atoms with Gasteiger partial charge < -0.3 is 5.32 Å². The summed E-state index contributed by atoms with van der Waals surface area (Å²) < 4.78 is 1.14. The molecule has 5 heteroatoms. The number of hydrogen-bond donors (Lipinski definition) is 1. The Kier molecular flexibility index (Phi) is 6.96. The van der Waals surface area contributed by atoms with Crippen LogP contribution in [0.1, 0.15) is 18.4 Å². The largest absolute Gasteiger partial charge is 0.317 e. The van der Waals surface area contributed by atoms with Gasteiger partial charge in [-0.3, -0.25) is 4.90 Å². The van der Waals surface area contributed by atoms with E-state index in [4.69, 9.17) is 11.6 Å². The third-order valence-corrected chi connectivity index (χ3v) is 4.37. The van der Waals surface area contributed by atoms with Crippen LogP contribution in [0.4, 0.5) is 0 Å². The maximum absolute atomic E-state index is 6.04. The van der Waals surface area contributed by atoms with Crippen molar-refractivity contribution in [1.82, 2.24) is 10.2 Å². The topological polar surface area (TPSA) is 15.3 Å². The summed E-state index contributed by atoms with van der Waals surface area (Å²) in [6, 6.07) is 6.67. The Morgan fingerprint density at radius 1 is 1.39 bits per heavy atom. The highest BCUT2D eigenvalue weighted by molar-refractivity contribution is 9.10. The Morgan fingerprint density at radius 2 is 2.06 bits per heavy atom. The van der Waals surface area contributed by atoms with E-state index < -0.39 is 0 Å². The van der Waals surface area contributed by atoms with Crippen molar-refractivity contribution < 1.29 is 0 Å². The van der Waals surface area contributed by atoms with Gasteiger partial charge in [-0.15, -0.1) is 12.4 Å². The van der Waals surface area contributed by atoms with Crippen LogP contribution in [0.25, 0.3) is 0 Å². The second-order valence-corrected chi connectivity index (χ2v) is 5.92. The minimum atomic E-state index is 0. The van der Waals surface area contributed by atoms with Crippen LogP contribution < -0.4 is 5.32 Å². The summed E-state index contributed by atoms with van der Waals surface area (Å²) in [7, 11) is 2.20. The highest BCUT2D eigenvalue weighted by Gasteiger charge is 2.18. The molecule has 0 unspecified atom stereocenters. The molecule has 18 heavy (non-hydrogen) atoms. The first-order valence-electron chi connectivity index (χ1n) is 6.01. The van der Waals surface area contributed by atoms with E-state index in [0.29, 0.717) is 6.04 Å². The molecule has 2 rings (SSSR count). The lowest BCUT2D eigenvalue weighted by Crippen LogP contribution is -2.40. The SMILES string of the molecule is CN(Cc1cc(Cl)ccc1Br)C1CCNCC1.Cl. The van der Waals surface area contributed by atoms with E-state index in [0.717, 1.165) is 29.1 Å². The van der Waals surface area contributed by atoms with Crippen molar-refractivity contribution >= 4 is 39.9 Å². The summed E-state index contributed by atoms with van der Waals surface area (Å²) in [4.78, 5) is 2.43. The quantitative estimate of drug-likeness (QED) is 0.891. The lowest BCUT2D eigenvalue weighted by molar-refractivity contribution is 0.191. The first kappa shape index (κ1) is 16.3. The number of hydrogen-bond acceptors (Lipinski definition) is 2. The first-order valence-corrected chi connectivity index (χ1v) is 7.19. The van der Waals surface area contributed by atoms with Crippen molar-refractivity contribution in [3.8, 4) is 0 Å². The zero-order valence-electron chi connectivity index (χ0n) is 10.5. The molecule has 2 nitrogen and oxygen atoms in total. The van der Waals surface area contributed by atoms with Crippen LogP contribution in [0.3, 0.4) is 0 Å². The molecular weight excluding hydrogens is 335 g/mol. The van der Waals surface area contributed by atoms with Crippen LogP contribution in [0.5, 0.6) is 0 Å². The summed E-state index contributed by atoms with van der Waals surface area (Å²) in [5.41, 5.74) is 1.26. The number of nitrogens with one attached hydrogen (secondary N) is 1. The lowest BCUT2D eigenvalue weighted by atomic mass is 10.0. The smallest absolute Gasteiger partial charge is 0.0410 e. The molecule has 0 spiro atoms. The van der Waals surface area contributed by atoms with Crippen molar-refractivity contribution in [1.29, 1.82) is 0 Å². The Hall–Kier alpha value is 0.200. The predicted molar refractivity (Wildman–Crippen MR) is 83.8 cm³/mol. The standard InChI is InChI=1S/C13H18BrClN2.ClH/c1-17(12-4-6-16-7-5-12)9-10-8-11(15)2-3-13(10)14;/h2-3,8,12,16H,4-7,9H2,1H3;1H. The zero-order valence-corrected chi connectivity index (χ0v) is 13.6. The van der Waals surface area contributed by atoms with Gasteiger partial charge in [0.2, 0.25) is 0 Å². The average Bonchev–Trinajstić information content (AvgIpc) is 2.35. The van der Waals surface area contributed by atoms with Crippen LogP contribution in [0, 0.1) is 0 Å². The molecule has 1 aromatic rings. The van der Waals surface area contributed by atoms with E-state index in [1.807, 2.05) is 18.2 Å². The van der Waals surface area contributed by atoms with Crippen LogP contribution in [0.2, 0.25) is 5.02 Å². The Bertz CT molecular complexity index is 381. The molecule has 1 aliphatic rings. The maximum Gasteiger partial charge on any atom is 0.0410 e. The molecule has 0 bridgehead atoms. The molecule has 1 aromatic carbocycles. The molecule has 1 N–H and O–H groups in total. The molecule has 1 aliphatic heterocycles. The van der Waals surface area contributed by atoms with E-state index in [-0.39, 0.29) is 12.4 Å². The van der Waals surface area contributed by atoms with Gasteiger partial charge in [0.25, 0.3) is 0 Å². The average molecular weight is 354 g/mol. The summed E-state index contributed by atoms with van der Waals surface area (Å²) in [5, 5.41) is 4.20. The molecule has 1 fully saturated rings. The number of nitrogens with zero attached hydrogens (tertiary/aromatic N) is 1. The van der Waals surface area contributed by atoms with Gasteiger partial charge >= 0.3 is 0 Å². The fourth-order valence-electron chi connectivity index (χ4n) is 2.31. The van der Waals surface area contributed by atoms with Crippen LogP contribution in [-0.2, 0) is 6.54 Å². The van der Waals surface area contributed by atoms with Crippen molar-refractivity contribution in [3.05, 3.63) is 33.3 Å².